The Labute approximate surface area is 147 Å². The zero-order chi connectivity index (χ0) is 18.9. The smallest absolute Gasteiger partial charge is 0.429 e. The number of rotatable bonds is 4. The van der Waals surface area contributed by atoms with Crippen LogP contribution in [-0.2, 0) is 0 Å². The van der Waals surface area contributed by atoms with Gasteiger partial charge in [0, 0.05) is 5.56 Å². The molecule has 0 fully saturated rings. The first-order valence-electron chi connectivity index (χ1n) is 7.81. The molecular weight excluding hydrogens is 349 g/mol. The molecule has 3 rings (SSSR count). The first-order chi connectivity index (χ1) is 12.3. The summed E-state index contributed by atoms with van der Waals surface area (Å²) in [6, 6.07) is 11.4. The van der Waals surface area contributed by atoms with Gasteiger partial charge in [-0.05, 0) is 36.4 Å². The third-order valence-corrected chi connectivity index (χ3v) is 4.31. The van der Waals surface area contributed by atoms with Crippen molar-refractivity contribution in [2.24, 2.45) is 0 Å². The lowest BCUT2D eigenvalue weighted by Crippen LogP contribution is -2.55. The Morgan fingerprint density at radius 1 is 1.15 bits per heavy atom. The molecule has 26 heavy (non-hydrogen) atoms. The molecule has 2 aromatic carbocycles. The van der Waals surface area contributed by atoms with Crippen LogP contribution in [0.25, 0.3) is 0 Å². The fourth-order valence-electron chi connectivity index (χ4n) is 2.88. The van der Waals surface area contributed by atoms with Gasteiger partial charge in [-0.25, -0.2) is 0 Å². The average Bonchev–Trinajstić information content (AvgIpc) is 2.61. The van der Waals surface area contributed by atoms with Crippen LogP contribution in [0.15, 0.2) is 48.5 Å². The Balaban J connectivity index is 1.94. The summed E-state index contributed by atoms with van der Waals surface area (Å²) in [5.41, 5.74) is -2.70. The number of benzene rings is 2. The van der Waals surface area contributed by atoms with Crippen molar-refractivity contribution in [3.8, 4) is 11.5 Å². The average molecular weight is 364 g/mol. The van der Waals surface area contributed by atoms with Crippen molar-refractivity contribution >= 4 is 11.6 Å². The van der Waals surface area contributed by atoms with E-state index in [1.807, 2.05) is 0 Å². The van der Waals surface area contributed by atoms with Crippen molar-refractivity contribution in [1.29, 1.82) is 0 Å². The van der Waals surface area contributed by atoms with Crippen LogP contribution in [0.1, 0.15) is 33.6 Å². The van der Waals surface area contributed by atoms with Crippen molar-refractivity contribution in [2.45, 2.75) is 24.6 Å². The molecule has 136 valence electrons. The molecule has 1 aliphatic rings. The van der Waals surface area contributed by atoms with Gasteiger partial charge in [0.15, 0.2) is 11.6 Å². The maximum absolute atomic E-state index is 13.8. The molecule has 0 bridgehead atoms. The van der Waals surface area contributed by atoms with E-state index in [9.17, 15) is 22.8 Å². The fourth-order valence-corrected chi connectivity index (χ4v) is 2.88. The monoisotopic (exact) mass is 364 g/mol. The van der Waals surface area contributed by atoms with Gasteiger partial charge < -0.3 is 9.47 Å². The Morgan fingerprint density at radius 2 is 1.81 bits per heavy atom. The number of Topliss-reactive ketones (excluding diaryl/α,β-unsaturated/α-hetero) is 2. The summed E-state index contributed by atoms with van der Waals surface area (Å²) < 4.78 is 51.6. The van der Waals surface area contributed by atoms with Crippen LogP contribution in [0.2, 0.25) is 0 Å². The Hall–Kier alpha value is -2.83. The van der Waals surface area contributed by atoms with Crippen LogP contribution in [0.4, 0.5) is 13.2 Å². The van der Waals surface area contributed by atoms with E-state index in [1.165, 1.54) is 49.6 Å². The van der Waals surface area contributed by atoms with Gasteiger partial charge in [-0.1, -0.05) is 12.1 Å². The predicted octanol–water partition coefficient (Wildman–Crippen LogP) is 4.23. The molecule has 0 aromatic heterocycles. The maximum Gasteiger partial charge on any atom is 0.429 e. The number of alkyl halides is 3. The van der Waals surface area contributed by atoms with Crippen LogP contribution < -0.4 is 9.47 Å². The number of fused-ring (bicyclic) bond motifs is 1. The predicted molar refractivity (Wildman–Crippen MR) is 86.7 cm³/mol. The Bertz CT molecular complexity index is 843. The van der Waals surface area contributed by atoms with Gasteiger partial charge in [-0.15, -0.1) is 0 Å². The van der Waals surface area contributed by atoms with Gasteiger partial charge >= 0.3 is 6.18 Å². The number of hydrogen-bond donors (Lipinski definition) is 0. The molecule has 0 N–H and O–H groups in total. The van der Waals surface area contributed by atoms with E-state index in [0.717, 1.165) is 0 Å². The van der Waals surface area contributed by atoms with E-state index in [1.54, 1.807) is 6.07 Å². The molecular formula is C19H15F3O4. The standard InChI is InChI=1S/C19H15F3O4/c1-25-13-8-6-12(7-9-13)15(23)10-18(19(20,21)22)11-16(24)14-4-2-3-5-17(14)26-18/h2-9H,10-11H2,1H3. The number of carbonyl (C=O) groups excluding carboxylic acids is 2. The number of ketones is 2. The molecule has 1 unspecified atom stereocenters. The van der Waals surface area contributed by atoms with Crippen LogP contribution in [0.3, 0.4) is 0 Å². The summed E-state index contributed by atoms with van der Waals surface area (Å²) >= 11 is 0. The highest BCUT2D eigenvalue weighted by molar-refractivity contribution is 6.02. The third kappa shape index (κ3) is 3.16. The quantitative estimate of drug-likeness (QED) is 0.762. The second-order valence-corrected chi connectivity index (χ2v) is 6.02. The zero-order valence-corrected chi connectivity index (χ0v) is 13.8. The SMILES string of the molecule is COc1ccc(C(=O)CC2(C(F)(F)F)CC(=O)c3ccccc3O2)cc1. The highest BCUT2D eigenvalue weighted by atomic mass is 19.4. The summed E-state index contributed by atoms with van der Waals surface area (Å²) in [6.45, 7) is 0. The first-order valence-corrected chi connectivity index (χ1v) is 7.81. The molecule has 0 amide bonds. The van der Waals surface area contributed by atoms with Crippen LogP contribution in [0, 0.1) is 0 Å². The minimum absolute atomic E-state index is 0.0873. The summed E-state index contributed by atoms with van der Waals surface area (Å²) in [6.07, 6.45) is -6.81. The fraction of sp³-hybridized carbons (Fsp3) is 0.263. The third-order valence-electron chi connectivity index (χ3n) is 4.31. The minimum atomic E-state index is -4.89. The van der Waals surface area contributed by atoms with Crippen molar-refractivity contribution in [2.75, 3.05) is 7.11 Å². The van der Waals surface area contributed by atoms with Crippen molar-refractivity contribution < 1.29 is 32.2 Å². The molecule has 1 atom stereocenters. The van der Waals surface area contributed by atoms with Gasteiger partial charge in [0.2, 0.25) is 5.60 Å². The molecule has 0 radical (unpaired) electrons. The highest BCUT2D eigenvalue weighted by Crippen LogP contribution is 2.45. The van der Waals surface area contributed by atoms with Crippen molar-refractivity contribution in [3.63, 3.8) is 0 Å². The van der Waals surface area contributed by atoms with Gasteiger partial charge in [0.1, 0.15) is 11.5 Å². The maximum atomic E-state index is 13.8. The van der Waals surface area contributed by atoms with E-state index in [4.69, 9.17) is 9.47 Å². The van der Waals surface area contributed by atoms with Crippen molar-refractivity contribution in [3.05, 3.63) is 59.7 Å². The van der Waals surface area contributed by atoms with Gasteiger partial charge in [0.05, 0.1) is 25.5 Å². The summed E-state index contributed by atoms with van der Waals surface area (Å²) in [4.78, 5) is 24.7. The molecule has 4 nitrogen and oxygen atoms in total. The molecule has 1 aliphatic heterocycles. The minimum Gasteiger partial charge on any atom is -0.497 e. The summed E-state index contributed by atoms with van der Waals surface area (Å²) in [5, 5.41) is 0. The van der Waals surface area contributed by atoms with Gasteiger partial charge in [-0.2, -0.15) is 13.2 Å². The second kappa shape index (κ2) is 6.48. The lowest BCUT2D eigenvalue weighted by molar-refractivity contribution is -0.247. The molecule has 7 heteroatoms. The Kier molecular flexibility index (Phi) is 4.48. The first kappa shape index (κ1) is 18.0. The topological polar surface area (TPSA) is 52.6 Å². The molecule has 0 spiro atoms. The van der Waals surface area contributed by atoms with Crippen LogP contribution >= 0.6 is 0 Å². The van der Waals surface area contributed by atoms with E-state index in [-0.39, 0.29) is 16.9 Å². The summed E-state index contributed by atoms with van der Waals surface area (Å²) in [7, 11) is 1.44. The van der Waals surface area contributed by atoms with Gasteiger partial charge in [-0.3, -0.25) is 9.59 Å². The van der Waals surface area contributed by atoms with E-state index in [2.05, 4.69) is 0 Å². The highest BCUT2D eigenvalue weighted by Gasteiger charge is 2.61. The number of ether oxygens (including phenoxy) is 2. The van der Waals surface area contributed by atoms with E-state index >= 15 is 0 Å². The van der Waals surface area contributed by atoms with Crippen molar-refractivity contribution in [1.82, 2.24) is 0 Å². The molecule has 1 heterocycles. The number of hydrogen-bond acceptors (Lipinski definition) is 4. The summed E-state index contributed by atoms with van der Waals surface area (Å²) in [5.74, 6) is -1.16. The normalized spacial score (nSPS) is 19.5. The number of methoxy groups -OCH3 is 1. The molecule has 0 saturated heterocycles. The second-order valence-electron chi connectivity index (χ2n) is 6.02. The Morgan fingerprint density at radius 3 is 2.42 bits per heavy atom. The zero-order valence-electron chi connectivity index (χ0n) is 13.8. The largest absolute Gasteiger partial charge is 0.497 e. The molecule has 2 aromatic rings. The van der Waals surface area contributed by atoms with E-state index < -0.39 is 36.2 Å². The van der Waals surface area contributed by atoms with Gasteiger partial charge in [0.25, 0.3) is 0 Å². The lowest BCUT2D eigenvalue weighted by atomic mass is 9.84. The van der Waals surface area contributed by atoms with Crippen LogP contribution in [0.5, 0.6) is 11.5 Å². The lowest BCUT2D eigenvalue weighted by Gasteiger charge is -2.38. The number of para-hydroxylation sites is 1. The number of halogens is 3. The molecule has 0 saturated carbocycles. The molecule has 0 aliphatic carbocycles. The van der Waals surface area contributed by atoms with Crippen LogP contribution in [-0.4, -0.2) is 30.5 Å². The van der Waals surface area contributed by atoms with E-state index in [0.29, 0.717) is 5.75 Å². The number of carbonyl (C=O) groups is 2.